The van der Waals surface area contributed by atoms with Crippen LogP contribution in [-0.2, 0) is 0 Å². The number of aromatic amines is 1. The van der Waals surface area contributed by atoms with Crippen molar-refractivity contribution < 1.29 is 0 Å². The number of nitrogens with one attached hydrogen (secondary N) is 2. The molecular formula is C11H9BrN6S2. The molecule has 0 aliphatic heterocycles. The summed E-state index contributed by atoms with van der Waals surface area (Å²) < 4.78 is 3.76. The lowest BCUT2D eigenvalue weighted by atomic mass is 10.2. The summed E-state index contributed by atoms with van der Waals surface area (Å²) >= 11 is 10.1. The van der Waals surface area contributed by atoms with Crippen LogP contribution in [0.15, 0.2) is 33.8 Å². The number of benzene rings is 1. The van der Waals surface area contributed by atoms with Crippen molar-refractivity contribution >= 4 is 61.7 Å². The van der Waals surface area contributed by atoms with E-state index in [1.807, 2.05) is 12.1 Å². The van der Waals surface area contributed by atoms with E-state index in [0.717, 1.165) is 9.35 Å². The van der Waals surface area contributed by atoms with Gasteiger partial charge in [-0.05, 0) is 34.2 Å². The third-order valence-corrected chi connectivity index (χ3v) is 5.12. The molecule has 0 atom stereocenters. The average Bonchev–Trinajstić information content (AvgIpc) is 2.94. The summed E-state index contributed by atoms with van der Waals surface area (Å²) in [5.74, 6) is 6.00. The number of hydrogen-bond acceptors (Lipinski definition) is 6. The number of halogens is 1. The predicted octanol–water partition coefficient (Wildman–Crippen LogP) is 3.08. The van der Waals surface area contributed by atoms with Gasteiger partial charge in [0, 0.05) is 14.6 Å². The van der Waals surface area contributed by atoms with E-state index in [2.05, 4.69) is 48.8 Å². The zero-order chi connectivity index (χ0) is 14.1. The van der Waals surface area contributed by atoms with Gasteiger partial charge in [0.05, 0.1) is 11.1 Å². The summed E-state index contributed by atoms with van der Waals surface area (Å²) in [6.45, 7) is 0. The fourth-order valence-corrected chi connectivity index (χ4v) is 3.57. The molecule has 1 aromatic carbocycles. The lowest BCUT2D eigenvalue weighted by Crippen LogP contribution is -2.11. The van der Waals surface area contributed by atoms with Crippen molar-refractivity contribution in [2.75, 3.05) is 11.3 Å². The summed E-state index contributed by atoms with van der Waals surface area (Å²) in [4.78, 5) is 1.01. The molecule has 0 radical (unpaired) electrons. The Hall–Kier alpha value is -1.71. The molecule has 0 fully saturated rings. The Morgan fingerprint density at radius 1 is 1.50 bits per heavy atom. The third-order valence-electron chi connectivity index (χ3n) is 2.61. The number of rotatable bonds is 3. The van der Waals surface area contributed by atoms with Crippen LogP contribution >= 0.6 is 39.5 Å². The zero-order valence-electron chi connectivity index (χ0n) is 10.0. The van der Waals surface area contributed by atoms with Crippen molar-refractivity contribution in [1.29, 1.82) is 0 Å². The predicted molar refractivity (Wildman–Crippen MR) is 88.3 cm³/mol. The Bertz CT molecular complexity index is 846. The number of fused-ring (bicyclic) bond motifs is 1. The van der Waals surface area contributed by atoms with Crippen molar-refractivity contribution in [2.24, 2.45) is 5.10 Å². The van der Waals surface area contributed by atoms with Gasteiger partial charge in [0.15, 0.2) is 0 Å². The SMILES string of the molecule is Nn1c(N/N=C/c2sc3ccccc3c2Br)n[nH]c1=S. The minimum Gasteiger partial charge on any atom is -0.334 e. The Labute approximate surface area is 131 Å². The van der Waals surface area contributed by atoms with Gasteiger partial charge in [-0.2, -0.15) is 9.78 Å². The van der Waals surface area contributed by atoms with Gasteiger partial charge in [-0.3, -0.25) is 0 Å². The molecule has 3 aromatic rings. The lowest BCUT2D eigenvalue weighted by molar-refractivity contribution is 0.971. The molecule has 0 aliphatic rings. The maximum atomic E-state index is 5.65. The molecule has 9 heteroatoms. The number of aromatic nitrogens is 3. The summed E-state index contributed by atoms with van der Waals surface area (Å²) in [5.41, 5.74) is 2.74. The normalized spacial score (nSPS) is 11.4. The van der Waals surface area contributed by atoms with Crippen LogP contribution in [0.1, 0.15) is 4.88 Å². The van der Waals surface area contributed by atoms with E-state index < -0.39 is 0 Å². The van der Waals surface area contributed by atoms with E-state index in [9.17, 15) is 0 Å². The van der Waals surface area contributed by atoms with Gasteiger partial charge in [0.1, 0.15) is 0 Å². The molecule has 102 valence electrons. The molecule has 20 heavy (non-hydrogen) atoms. The van der Waals surface area contributed by atoms with E-state index in [1.54, 1.807) is 17.6 Å². The van der Waals surface area contributed by atoms with Crippen LogP contribution in [-0.4, -0.2) is 21.1 Å². The number of hydrazone groups is 1. The van der Waals surface area contributed by atoms with E-state index >= 15 is 0 Å². The van der Waals surface area contributed by atoms with Gasteiger partial charge in [0.25, 0.3) is 5.95 Å². The molecule has 6 nitrogen and oxygen atoms in total. The minimum absolute atomic E-state index is 0.325. The van der Waals surface area contributed by atoms with Crippen LogP contribution in [0.3, 0.4) is 0 Å². The van der Waals surface area contributed by atoms with Crippen LogP contribution in [0, 0.1) is 4.77 Å². The lowest BCUT2D eigenvalue weighted by Gasteiger charge is -1.97. The average molecular weight is 369 g/mol. The zero-order valence-corrected chi connectivity index (χ0v) is 13.2. The van der Waals surface area contributed by atoms with Gasteiger partial charge < -0.3 is 5.84 Å². The molecule has 0 saturated heterocycles. The Balaban J connectivity index is 1.86. The first-order chi connectivity index (χ1) is 9.66. The van der Waals surface area contributed by atoms with E-state index in [4.69, 9.17) is 18.1 Å². The van der Waals surface area contributed by atoms with E-state index in [0.29, 0.717) is 10.7 Å². The number of hydrogen-bond donors (Lipinski definition) is 3. The first kappa shape index (κ1) is 13.3. The first-order valence-electron chi connectivity index (χ1n) is 5.55. The summed E-state index contributed by atoms with van der Waals surface area (Å²) in [7, 11) is 0. The first-order valence-corrected chi connectivity index (χ1v) is 7.57. The summed E-state index contributed by atoms with van der Waals surface area (Å²) in [6, 6.07) is 8.15. The molecule has 4 N–H and O–H groups in total. The Kier molecular flexibility index (Phi) is 3.55. The molecule has 2 aromatic heterocycles. The number of nitrogen functional groups attached to an aromatic ring is 1. The van der Waals surface area contributed by atoms with Crippen molar-refractivity contribution in [2.45, 2.75) is 0 Å². The molecule has 0 saturated carbocycles. The van der Waals surface area contributed by atoms with Crippen LogP contribution in [0.4, 0.5) is 5.95 Å². The highest BCUT2D eigenvalue weighted by atomic mass is 79.9. The van der Waals surface area contributed by atoms with E-state index in [1.165, 1.54) is 14.8 Å². The fourth-order valence-electron chi connectivity index (χ4n) is 1.65. The van der Waals surface area contributed by atoms with Crippen molar-refractivity contribution in [3.05, 3.63) is 38.4 Å². The van der Waals surface area contributed by atoms with Crippen molar-refractivity contribution in [3.8, 4) is 0 Å². The Morgan fingerprint density at radius 2 is 2.30 bits per heavy atom. The number of anilines is 1. The molecule has 0 bridgehead atoms. The third kappa shape index (κ3) is 2.35. The molecule has 2 heterocycles. The van der Waals surface area contributed by atoms with Gasteiger partial charge in [-0.25, -0.2) is 10.5 Å². The minimum atomic E-state index is 0.325. The fraction of sp³-hybridized carbons (Fsp3) is 0. The standard InChI is InChI=1S/C11H9BrN6S2/c12-9-6-3-1-2-4-7(6)20-8(9)5-14-15-10-16-17-11(19)18(10)13/h1-5H,13H2,(H,15,16)(H,17,19)/b14-5+. The van der Waals surface area contributed by atoms with Crippen molar-refractivity contribution in [1.82, 2.24) is 14.9 Å². The Morgan fingerprint density at radius 3 is 3.00 bits per heavy atom. The van der Waals surface area contributed by atoms with Crippen LogP contribution in [0.25, 0.3) is 10.1 Å². The highest BCUT2D eigenvalue weighted by Crippen LogP contribution is 2.34. The van der Waals surface area contributed by atoms with Gasteiger partial charge in [-0.1, -0.05) is 18.2 Å². The highest BCUT2D eigenvalue weighted by Gasteiger charge is 2.07. The van der Waals surface area contributed by atoms with Crippen LogP contribution in [0.5, 0.6) is 0 Å². The second kappa shape index (κ2) is 5.35. The monoisotopic (exact) mass is 368 g/mol. The summed E-state index contributed by atoms with van der Waals surface area (Å²) in [5, 5.41) is 11.8. The highest BCUT2D eigenvalue weighted by molar-refractivity contribution is 9.10. The smallest absolute Gasteiger partial charge is 0.262 e. The number of nitrogens with zero attached hydrogens (tertiary/aromatic N) is 3. The van der Waals surface area contributed by atoms with Gasteiger partial charge in [-0.15, -0.1) is 16.4 Å². The van der Waals surface area contributed by atoms with Crippen LogP contribution in [0.2, 0.25) is 0 Å². The summed E-state index contributed by atoms with van der Waals surface area (Å²) in [6.07, 6.45) is 1.71. The van der Waals surface area contributed by atoms with Crippen LogP contribution < -0.4 is 11.3 Å². The number of H-pyrrole nitrogens is 1. The molecule has 0 aliphatic carbocycles. The van der Waals surface area contributed by atoms with Gasteiger partial charge in [0.2, 0.25) is 4.77 Å². The molecule has 0 unspecified atom stereocenters. The molecular weight excluding hydrogens is 360 g/mol. The second-order valence-electron chi connectivity index (χ2n) is 3.87. The second-order valence-corrected chi connectivity index (χ2v) is 6.13. The molecule has 0 spiro atoms. The number of nitrogens with two attached hydrogens (primary N) is 1. The molecule has 3 rings (SSSR count). The maximum Gasteiger partial charge on any atom is 0.262 e. The van der Waals surface area contributed by atoms with Gasteiger partial charge >= 0.3 is 0 Å². The number of thiophene rings is 1. The topological polar surface area (TPSA) is 84.0 Å². The largest absolute Gasteiger partial charge is 0.334 e. The van der Waals surface area contributed by atoms with E-state index in [-0.39, 0.29) is 0 Å². The maximum absolute atomic E-state index is 5.65. The van der Waals surface area contributed by atoms with Crippen molar-refractivity contribution in [3.63, 3.8) is 0 Å². The quantitative estimate of drug-likeness (QED) is 0.287. The molecule has 0 amide bonds.